The topological polar surface area (TPSA) is 66.4 Å². The van der Waals surface area contributed by atoms with E-state index in [1.165, 1.54) is 0 Å². The molecule has 0 spiro atoms. The van der Waals surface area contributed by atoms with Crippen molar-refractivity contribution >= 4 is 33.5 Å². The highest BCUT2D eigenvalue weighted by molar-refractivity contribution is 9.10. The third kappa shape index (κ3) is 4.62. The monoisotopic (exact) mass is 475 g/mol. The zero-order chi connectivity index (χ0) is 21.8. The van der Waals surface area contributed by atoms with Crippen molar-refractivity contribution < 1.29 is 14.7 Å². The molecule has 4 rings (SSSR count). The third-order valence-corrected chi connectivity index (χ3v) is 6.28. The zero-order valence-electron chi connectivity index (χ0n) is 16.7. The number of halogens is 1. The van der Waals surface area contributed by atoms with Crippen LogP contribution < -0.4 is 5.32 Å². The Bertz CT molecular complexity index is 1080. The molecule has 0 heterocycles. The van der Waals surface area contributed by atoms with E-state index >= 15 is 0 Å². The Hall–Kier alpha value is -3.18. The van der Waals surface area contributed by atoms with E-state index in [-0.39, 0.29) is 17.7 Å². The van der Waals surface area contributed by atoms with Crippen molar-refractivity contribution in [3.63, 3.8) is 0 Å². The maximum Gasteiger partial charge on any atom is 0.308 e. The molecule has 0 aromatic heterocycles. The summed E-state index contributed by atoms with van der Waals surface area (Å²) in [6.45, 7) is 0. The Morgan fingerprint density at radius 3 is 1.68 bits per heavy atom. The molecule has 0 saturated carbocycles. The van der Waals surface area contributed by atoms with E-state index in [0.717, 1.165) is 15.6 Å². The smallest absolute Gasteiger partial charge is 0.308 e. The van der Waals surface area contributed by atoms with Gasteiger partial charge in [-0.25, -0.2) is 0 Å². The van der Waals surface area contributed by atoms with Gasteiger partial charge in [0.15, 0.2) is 0 Å². The van der Waals surface area contributed by atoms with Crippen molar-refractivity contribution in [2.45, 2.75) is 11.8 Å². The lowest BCUT2D eigenvalue weighted by Crippen LogP contribution is -2.42. The number of allylic oxidation sites excluding steroid dienone is 2. The zero-order valence-corrected chi connectivity index (χ0v) is 18.3. The highest BCUT2D eigenvalue weighted by atomic mass is 79.9. The summed E-state index contributed by atoms with van der Waals surface area (Å²) in [5.74, 6) is -3.66. The first-order chi connectivity index (χ1) is 15.0. The number of hydrogen-bond donors (Lipinski definition) is 2. The molecule has 2 N–H and O–H groups in total. The Labute approximate surface area is 189 Å². The normalized spacial score (nSPS) is 22.6. The first-order valence-corrected chi connectivity index (χ1v) is 10.9. The average Bonchev–Trinajstić information content (AvgIpc) is 2.80. The van der Waals surface area contributed by atoms with Crippen LogP contribution in [0.1, 0.15) is 23.0 Å². The second kappa shape index (κ2) is 9.31. The summed E-state index contributed by atoms with van der Waals surface area (Å²) < 4.78 is 0.904. The van der Waals surface area contributed by atoms with Gasteiger partial charge < -0.3 is 10.4 Å². The molecule has 4 atom stereocenters. The van der Waals surface area contributed by atoms with Crippen LogP contribution in [0, 0.1) is 11.8 Å². The standard InChI is InChI=1S/C26H22BrNO3/c27-19-11-13-20(14-12-19)28-25(29)23-21(17-7-3-1-4-8-17)15-16-22(24(23)26(30)31)18-9-5-2-6-10-18/h1-16,21-24H,(H,28,29)(H,30,31)/t21-,22+,23+,24-/m1/s1. The fourth-order valence-electron chi connectivity index (χ4n) is 4.31. The van der Waals surface area contributed by atoms with Crippen molar-refractivity contribution in [1.82, 2.24) is 0 Å². The maximum atomic E-state index is 13.5. The van der Waals surface area contributed by atoms with Crippen LogP contribution >= 0.6 is 15.9 Å². The summed E-state index contributed by atoms with van der Waals surface area (Å²) in [7, 11) is 0. The van der Waals surface area contributed by atoms with E-state index in [9.17, 15) is 14.7 Å². The maximum absolute atomic E-state index is 13.5. The first kappa shape index (κ1) is 21.1. The van der Waals surface area contributed by atoms with E-state index in [4.69, 9.17) is 0 Å². The fraction of sp³-hybridized carbons (Fsp3) is 0.154. The van der Waals surface area contributed by atoms with Gasteiger partial charge in [0.05, 0.1) is 11.8 Å². The SMILES string of the molecule is O=C(Nc1ccc(Br)cc1)[C@@H]1[C@H](C(=O)O)[C@H](c2ccccc2)C=C[C@@H]1c1ccccc1. The van der Waals surface area contributed by atoms with Gasteiger partial charge in [-0.3, -0.25) is 9.59 Å². The van der Waals surface area contributed by atoms with Crippen LogP contribution in [-0.4, -0.2) is 17.0 Å². The Kier molecular flexibility index (Phi) is 6.33. The lowest BCUT2D eigenvalue weighted by atomic mass is 9.66. The average molecular weight is 476 g/mol. The number of hydrogen-bond acceptors (Lipinski definition) is 2. The minimum atomic E-state index is -0.977. The summed E-state index contributed by atoms with van der Waals surface area (Å²) in [5, 5.41) is 13.2. The molecule has 0 unspecified atom stereocenters. The number of nitrogens with one attached hydrogen (secondary N) is 1. The van der Waals surface area contributed by atoms with Crippen LogP contribution in [0.15, 0.2) is 102 Å². The van der Waals surface area contributed by atoms with Crippen LogP contribution in [0.2, 0.25) is 0 Å². The Morgan fingerprint density at radius 2 is 1.19 bits per heavy atom. The van der Waals surface area contributed by atoms with Crippen LogP contribution in [0.4, 0.5) is 5.69 Å². The van der Waals surface area contributed by atoms with E-state index in [1.54, 1.807) is 12.1 Å². The van der Waals surface area contributed by atoms with Crippen molar-refractivity contribution in [1.29, 1.82) is 0 Å². The summed E-state index contributed by atoms with van der Waals surface area (Å²) in [6.07, 6.45) is 3.92. The van der Waals surface area contributed by atoms with Crippen LogP contribution in [0.3, 0.4) is 0 Å². The van der Waals surface area contributed by atoms with Crippen molar-refractivity contribution in [2.75, 3.05) is 5.32 Å². The van der Waals surface area contributed by atoms with E-state index in [1.807, 2.05) is 84.9 Å². The van der Waals surface area contributed by atoms with Crippen LogP contribution in [0.5, 0.6) is 0 Å². The number of amides is 1. The van der Waals surface area contributed by atoms with Gasteiger partial charge in [0.1, 0.15) is 0 Å². The minimum Gasteiger partial charge on any atom is -0.481 e. The van der Waals surface area contributed by atoms with Gasteiger partial charge in [-0.15, -0.1) is 0 Å². The molecule has 0 saturated heterocycles. The first-order valence-electron chi connectivity index (χ1n) is 10.1. The summed E-state index contributed by atoms with van der Waals surface area (Å²) in [4.78, 5) is 26.0. The minimum absolute atomic E-state index is 0.297. The molecule has 5 heteroatoms. The van der Waals surface area contributed by atoms with Crippen molar-refractivity contribution in [3.8, 4) is 0 Å². The highest BCUT2D eigenvalue weighted by Crippen LogP contribution is 2.45. The fourth-order valence-corrected chi connectivity index (χ4v) is 4.57. The van der Waals surface area contributed by atoms with E-state index < -0.39 is 17.8 Å². The largest absolute Gasteiger partial charge is 0.481 e. The summed E-state index contributed by atoms with van der Waals surface area (Å²) in [6, 6.07) is 26.4. The van der Waals surface area contributed by atoms with Gasteiger partial charge in [-0.1, -0.05) is 88.7 Å². The number of aliphatic carboxylic acids is 1. The molecule has 4 nitrogen and oxygen atoms in total. The molecule has 0 radical (unpaired) electrons. The van der Waals surface area contributed by atoms with Crippen molar-refractivity contribution in [3.05, 3.63) is 113 Å². The number of carbonyl (C=O) groups is 2. The molecule has 3 aromatic rings. The van der Waals surface area contributed by atoms with Crippen LogP contribution in [0.25, 0.3) is 0 Å². The van der Waals surface area contributed by atoms with Gasteiger partial charge in [0.2, 0.25) is 5.91 Å². The number of rotatable bonds is 5. The quantitative estimate of drug-likeness (QED) is 0.455. The molecule has 31 heavy (non-hydrogen) atoms. The molecule has 0 fully saturated rings. The molecule has 1 aliphatic rings. The predicted octanol–water partition coefficient (Wildman–Crippen LogP) is 5.84. The second-order valence-corrected chi connectivity index (χ2v) is 8.56. The van der Waals surface area contributed by atoms with E-state index in [0.29, 0.717) is 5.69 Å². The molecule has 1 amide bonds. The van der Waals surface area contributed by atoms with Gasteiger partial charge in [0, 0.05) is 22.0 Å². The van der Waals surface area contributed by atoms with E-state index in [2.05, 4.69) is 21.2 Å². The summed E-state index contributed by atoms with van der Waals surface area (Å²) >= 11 is 3.39. The van der Waals surface area contributed by atoms with Gasteiger partial charge in [-0.05, 0) is 35.4 Å². The lowest BCUT2D eigenvalue weighted by molar-refractivity contribution is -0.147. The number of anilines is 1. The Balaban J connectivity index is 1.76. The second-order valence-electron chi connectivity index (χ2n) is 7.64. The number of carboxylic acids is 1. The molecule has 0 aliphatic heterocycles. The van der Waals surface area contributed by atoms with Gasteiger partial charge in [-0.2, -0.15) is 0 Å². The van der Waals surface area contributed by atoms with Crippen molar-refractivity contribution in [2.24, 2.45) is 11.8 Å². The number of carbonyl (C=O) groups excluding carboxylic acids is 1. The third-order valence-electron chi connectivity index (χ3n) is 5.76. The predicted molar refractivity (Wildman–Crippen MR) is 125 cm³/mol. The molecule has 156 valence electrons. The lowest BCUT2D eigenvalue weighted by Gasteiger charge is -2.37. The molecule has 1 aliphatic carbocycles. The molecule has 3 aromatic carbocycles. The summed E-state index contributed by atoms with van der Waals surface area (Å²) in [5.41, 5.74) is 2.45. The Morgan fingerprint density at radius 1 is 0.710 bits per heavy atom. The van der Waals surface area contributed by atoms with Gasteiger partial charge >= 0.3 is 5.97 Å². The number of benzene rings is 3. The van der Waals surface area contributed by atoms with Crippen LogP contribution in [-0.2, 0) is 9.59 Å². The molecular formula is C26H22BrNO3. The molecular weight excluding hydrogens is 454 g/mol. The molecule has 0 bridgehead atoms. The number of carboxylic acid groups (broad SMARTS) is 1. The highest BCUT2D eigenvalue weighted by Gasteiger charge is 2.46. The van der Waals surface area contributed by atoms with Gasteiger partial charge in [0.25, 0.3) is 0 Å².